The van der Waals surface area contributed by atoms with Crippen molar-refractivity contribution in [2.24, 2.45) is 0 Å². The number of aryl methyl sites for hydroxylation is 2. The normalized spacial score (nSPS) is 16.4. The molecular weight excluding hydrogens is 216 g/mol. The van der Waals surface area contributed by atoms with Crippen LogP contribution >= 0.6 is 11.3 Å². The van der Waals surface area contributed by atoms with Gasteiger partial charge in [-0.15, -0.1) is 11.3 Å². The molecule has 1 N–H and O–H groups in total. The van der Waals surface area contributed by atoms with E-state index in [4.69, 9.17) is 4.98 Å². The Kier molecular flexibility index (Phi) is 4.36. The average Bonchev–Trinajstić information content (AvgIpc) is 2.83. The molecule has 1 heterocycles. The maximum absolute atomic E-state index is 4.75. The smallest absolute Gasteiger partial charge is 0.110 e. The number of nitrogens with one attached hydrogen (secondary N) is 1. The number of thiazole rings is 1. The van der Waals surface area contributed by atoms with Crippen LogP contribution in [0, 0.1) is 0 Å². The third kappa shape index (κ3) is 2.83. The first-order valence-electron chi connectivity index (χ1n) is 6.53. The Balaban J connectivity index is 1.81. The standard InChI is InChI=1S/C13H22N2S/c1-3-4-5-9-14-10(2)13-15-11-7-6-8-12(11)16-13/h10,14H,3-9H2,1-2H3. The van der Waals surface area contributed by atoms with E-state index in [1.54, 1.807) is 0 Å². The molecule has 2 rings (SSSR count). The highest BCUT2D eigenvalue weighted by Gasteiger charge is 2.19. The Morgan fingerprint density at radius 1 is 1.38 bits per heavy atom. The van der Waals surface area contributed by atoms with Gasteiger partial charge in [0, 0.05) is 4.88 Å². The van der Waals surface area contributed by atoms with Crippen molar-refractivity contribution in [3.8, 4) is 0 Å². The molecule has 0 amide bonds. The summed E-state index contributed by atoms with van der Waals surface area (Å²) in [7, 11) is 0. The van der Waals surface area contributed by atoms with Crippen LogP contribution < -0.4 is 5.32 Å². The maximum Gasteiger partial charge on any atom is 0.110 e. The summed E-state index contributed by atoms with van der Waals surface area (Å²) in [5.41, 5.74) is 1.38. The van der Waals surface area contributed by atoms with Crippen molar-refractivity contribution in [1.29, 1.82) is 0 Å². The van der Waals surface area contributed by atoms with Crippen LogP contribution in [0.4, 0.5) is 0 Å². The minimum absolute atomic E-state index is 0.437. The van der Waals surface area contributed by atoms with Gasteiger partial charge in [-0.1, -0.05) is 19.8 Å². The molecule has 0 saturated carbocycles. The number of aromatic nitrogens is 1. The highest BCUT2D eigenvalue weighted by atomic mass is 32.1. The Labute approximate surface area is 102 Å². The third-order valence-corrected chi connectivity index (χ3v) is 4.55. The summed E-state index contributed by atoms with van der Waals surface area (Å²) in [5.74, 6) is 0. The molecule has 1 aromatic rings. The SMILES string of the molecule is CCCCCNC(C)c1nc2c(s1)CCC2. The molecule has 0 bridgehead atoms. The molecule has 0 saturated heterocycles. The molecule has 0 radical (unpaired) electrons. The van der Waals surface area contributed by atoms with E-state index in [1.807, 2.05) is 11.3 Å². The molecule has 0 fully saturated rings. The van der Waals surface area contributed by atoms with Crippen molar-refractivity contribution < 1.29 is 0 Å². The van der Waals surface area contributed by atoms with Crippen LogP contribution in [0.25, 0.3) is 0 Å². The predicted molar refractivity (Wildman–Crippen MR) is 70.1 cm³/mol. The number of unbranched alkanes of at least 4 members (excludes halogenated alkanes) is 2. The van der Waals surface area contributed by atoms with Crippen LogP contribution in [-0.2, 0) is 12.8 Å². The van der Waals surface area contributed by atoms with Crippen LogP contribution in [0.15, 0.2) is 0 Å². The Bertz CT molecular complexity index is 311. The van der Waals surface area contributed by atoms with Gasteiger partial charge in [0.2, 0.25) is 0 Å². The van der Waals surface area contributed by atoms with Crippen LogP contribution in [0.5, 0.6) is 0 Å². The lowest BCUT2D eigenvalue weighted by Gasteiger charge is -2.10. The van der Waals surface area contributed by atoms with Gasteiger partial charge in [-0.25, -0.2) is 4.98 Å². The second kappa shape index (κ2) is 5.78. The first-order valence-corrected chi connectivity index (χ1v) is 7.34. The second-order valence-electron chi connectivity index (χ2n) is 4.66. The zero-order chi connectivity index (χ0) is 11.4. The number of nitrogens with zero attached hydrogens (tertiary/aromatic N) is 1. The zero-order valence-electron chi connectivity index (χ0n) is 10.4. The van der Waals surface area contributed by atoms with Crippen molar-refractivity contribution in [1.82, 2.24) is 10.3 Å². The maximum atomic E-state index is 4.75. The lowest BCUT2D eigenvalue weighted by atomic mass is 10.2. The fraction of sp³-hybridized carbons (Fsp3) is 0.769. The molecule has 3 heteroatoms. The van der Waals surface area contributed by atoms with Crippen LogP contribution in [-0.4, -0.2) is 11.5 Å². The average molecular weight is 238 g/mol. The molecule has 16 heavy (non-hydrogen) atoms. The summed E-state index contributed by atoms with van der Waals surface area (Å²) >= 11 is 1.92. The summed E-state index contributed by atoms with van der Waals surface area (Å²) in [6.07, 6.45) is 7.68. The number of hydrogen-bond donors (Lipinski definition) is 1. The molecule has 90 valence electrons. The van der Waals surface area contributed by atoms with Gasteiger partial charge in [-0.2, -0.15) is 0 Å². The summed E-state index contributed by atoms with van der Waals surface area (Å²) in [6.45, 7) is 5.61. The monoisotopic (exact) mass is 238 g/mol. The van der Waals surface area contributed by atoms with E-state index in [2.05, 4.69) is 19.2 Å². The lowest BCUT2D eigenvalue weighted by Crippen LogP contribution is -2.19. The van der Waals surface area contributed by atoms with Crippen LogP contribution in [0.2, 0.25) is 0 Å². The predicted octanol–water partition coefficient (Wildman–Crippen LogP) is 3.47. The molecule has 1 aromatic heterocycles. The molecule has 1 aliphatic rings. The van der Waals surface area contributed by atoms with Crippen LogP contribution in [0.3, 0.4) is 0 Å². The van der Waals surface area contributed by atoms with E-state index in [0.29, 0.717) is 6.04 Å². The van der Waals surface area contributed by atoms with Gasteiger partial charge in [0.05, 0.1) is 11.7 Å². The first-order chi connectivity index (χ1) is 7.81. The van der Waals surface area contributed by atoms with Gasteiger partial charge < -0.3 is 5.32 Å². The van der Waals surface area contributed by atoms with E-state index in [1.165, 1.54) is 54.1 Å². The quantitative estimate of drug-likeness (QED) is 0.768. The molecule has 1 aliphatic carbocycles. The van der Waals surface area contributed by atoms with E-state index in [-0.39, 0.29) is 0 Å². The Morgan fingerprint density at radius 3 is 3.00 bits per heavy atom. The number of fused-ring (bicyclic) bond motifs is 1. The van der Waals surface area contributed by atoms with Gasteiger partial charge in [-0.05, 0) is 39.2 Å². The van der Waals surface area contributed by atoms with Crippen molar-refractivity contribution in [3.63, 3.8) is 0 Å². The highest BCUT2D eigenvalue weighted by molar-refractivity contribution is 7.11. The largest absolute Gasteiger partial charge is 0.308 e. The van der Waals surface area contributed by atoms with E-state index in [9.17, 15) is 0 Å². The van der Waals surface area contributed by atoms with Gasteiger partial charge >= 0.3 is 0 Å². The van der Waals surface area contributed by atoms with E-state index >= 15 is 0 Å². The Hall–Kier alpha value is -0.410. The molecule has 2 nitrogen and oxygen atoms in total. The van der Waals surface area contributed by atoms with Crippen molar-refractivity contribution in [3.05, 3.63) is 15.6 Å². The summed E-state index contributed by atoms with van der Waals surface area (Å²) in [6, 6.07) is 0.437. The molecule has 1 unspecified atom stereocenters. The van der Waals surface area contributed by atoms with Crippen LogP contribution in [0.1, 0.15) is 61.2 Å². The topological polar surface area (TPSA) is 24.9 Å². The first kappa shape index (κ1) is 12.1. The van der Waals surface area contributed by atoms with E-state index in [0.717, 1.165) is 6.54 Å². The van der Waals surface area contributed by atoms with Crippen molar-refractivity contribution in [2.75, 3.05) is 6.54 Å². The Morgan fingerprint density at radius 2 is 2.25 bits per heavy atom. The summed E-state index contributed by atoms with van der Waals surface area (Å²) in [4.78, 5) is 6.28. The summed E-state index contributed by atoms with van der Waals surface area (Å²) in [5, 5.41) is 4.86. The third-order valence-electron chi connectivity index (χ3n) is 3.21. The molecule has 0 aliphatic heterocycles. The van der Waals surface area contributed by atoms with E-state index < -0.39 is 0 Å². The number of rotatable bonds is 6. The minimum atomic E-state index is 0.437. The minimum Gasteiger partial charge on any atom is -0.308 e. The van der Waals surface area contributed by atoms with Gasteiger partial charge in [0.15, 0.2) is 0 Å². The molecule has 1 atom stereocenters. The van der Waals surface area contributed by atoms with Gasteiger partial charge in [-0.3, -0.25) is 0 Å². The number of hydrogen-bond acceptors (Lipinski definition) is 3. The fourth-order valence-electron chi connectivity index (χ4n) is 2.18. The van der Waals surface area contributed by atoms with Gasteiger partial charge in [0.25, 0.3) is 0 Å². The fourth-order valence-corrected chi connectivity index (χ4v) is 3.36. The summed E-state index contributed by atoms with van der Waals surface area (Å²) < 4.78 is 0. The van der Waals surface area contributed by atoms with Gasteiger partial charge in [0.1, 0.15) is 5.01 Å². The van der Waals surface area contributed by atoms with Crippen molar-refractivity contribution >= 4 is 11.3 Å². The molecule has 0 spiro atoms. The lowest BCUT2D eigenvalue weighted by molar-refractivity contribution is 0.541. The molecular formula is C13H22N2S. The van der Waals surface area contributed by atoms with Crippen molar-refractivity contribution in [2.45, 2.75) is 58.4 Å². The second-order valence-corrected chi connectivity index (χ2v) is 5.77. The highest BCUT2D eigenvalue weighted by Crippen LogP contribution is 2.30. The zero-order valence-corrected chi connectivity index (χ0v) is 11.2. The molecule has 0 aromatic carbocycles.